The molecule has 16 heavy (non-hydrogen) atoms. The fraction of sp³-hybridized carbons (Fsp3) is 0.333. The number of carbonyl (C=O) groups excluding carboxylic acids is 2. The zero-order valence-corrected chi connectivity index (χ0v) is 9.16. The number of carboxylic acid groups (broad SMARTS) is 1. The number of imide groups is 1. The number of halogens is 1. The first-order valence-corrected chi connectivity index (χ1v) is 4.84. The van der Waals surface area contributed by atoms with Crippen molar-refractivity contribution in [2.45, 2.75) is 12.8 Å². The largest absolute Gasteiger partial charge is 0.478 e. The Labute approximate surface area is 97.0 Å². The van der Waals surface area contributed by atoms with Crippen molar-refractivity contribution in [3.05, 3.63) is 12.2 Å². The second-order valence-electron chi connectivity index (χ2n) is 2.75. The summed E-state index contributed by atoms with van der Waals surface area (Å²) in [7, 11) is 0. The fourth-order valence-corrected chi connectivity index (χ4v) is 0.745. The van der Waals surface area contributed by atoms with Gasteiger partial charge in [-0.3, -0.25) is 10.1 Å². The van der Waals surface area contributed by atoms with Gasteiger partial charge < -0.3 is 5.11 Å². The molecule has 7 heteroatoms. The Bertz CT molecular complexity index is 338. The minimum absolute atomic E-state index is 0.0312. The van der Waals surface area contributed by atoms with Crippen molar-refractivity contribution in [2.24, 2.45) is 4.99 Å². The molecule has 88 valence electrons. The van der Waals surface area contributed by atoms with Gasteiger partial charge in [0.05, 0.1) is 0 Å². The number of aliphatic carboxylic acids is 1. The predicted molar refractivity (Wildman–Crippen MR) is 58.8 cm³/mol. The van der Waals surface area contributed by atoms with Crippen LogP contribution in [0.3, 0.4) is 0 Å². The number of urea groups is 1. The van der Waals surface area contributed by atoms with Gasteiger partial charge in [-0.15, -0.1) is 11.6 Å². The number of hydrogen-bond acceptors (Lipinski definition) is 3. The van der Waals surface area contributed by atoms with E-state index in [0.717, 1.165) is 0 Å². The minimum Gasteiger partial charge on any atom is -0.478 e. The quantitative estimate of drug-likeness (QED) is 0.429. The Morgan fingerprint density at radius 3 is 2.56 bits per heavy atom. The molecule has 0 atom stereocenters. The fourth-order valence-electron chi connectivity index (χ4n) is 0.678. The second kappa shape index (κ2) is 7.58. The highest BCUT2D eigenvalue weighted by Crippen LogP contribution is 1.99. The van der Waals surface area contributed by atoms with E-state index in [1.54, 1.807) is 0 Å². The number of nitrogens with one attached hydrogen (secondary N) is 1. The molecule has 0 aromatic heterocycles. The van der Waals surface area contributed by atoms with Gasteiger partial charge in [-0.2, -0.15) is 0 Å². The van der Waals surface area contributed by atoms with Crippen LogP contribution in [-0.4, -0.2) is 35.1 Å². The molecule has 6 nitrogen and oxygen atoms in total. The van der Waals surface area contributed by atoms with Gasteiger partial charge >= 0.3 is 12.0 Å². The van der Waals surface area contributed by atoms with Crippen LogP contribution in [0.1, 0.15) is 12.8 Å². The molecule has 0 aliphatic rings. The highest BCUT2D eigenvalue weighted by molar-refractivity contribution is 6.28. The van der Waals surface area contributed by atoms with Crippen LogP contribution in [0, 0.1) is 0 Å². The molecule has 0 heterocycles. The molecule has 0 rings (SSSR count). The van der Waals surface area contributed by atoms with Crippen molar-refractivity contribution in [2.75, 3.05) is 5.88 Å². The topological polar surface area (TPSA) is 95.8 Å². The molecule has 0 bridgehead atoms. The number of alkyl halides is 1. The summed E-state index contributed by atoms with van der Waals surface area (Å²) in [6.45, 7) is 3.30. The van der Waals surface area contributed by atoms with Gasteiger partial charge in [-0.05, 0) is 12.8 Å². The maximum atomic E-state index is 10.9. The Morgan fingerprint density at radius 1 is 1.44 bits per heavy atom. The van der Waals surface area contributed by atoms with Gasteiger partial charge in [0.25, 0.3) is 0 Å². The first-order chi connectivity index (χ1) is 7.47. The molecule has 0 aromatic rings. The minimum atomic E-state index is -1.09. The summed E-state index contributed by atoms with van der Waals surface area (Å²) in [5, 5.41) is 10.4. The summed E-state index contributed by atoms with van der Waals surface area (Å²) in [5.41, 5.74) is 0.0312. The molecule has 0 aliphatic carbocycles. The summed E-state index contributed by atoms with van der Waals surface area (Å²) < 4.78 is 0. The summed E-state index contributed by atoms with van der Waals surface area (Å²) in [6, 6.07) is -0.827. The van der Waals surface area contributed by atoms with Crippen LogP contribution in [0.5, 0.6) is 0 Å². The van der Waals surface area contributed by atoms with Crippen molar-refractivity contribution >= 4 is 35.7 Å². The van der Waals surface area contributed by atoms with Crippen molar-refractivity contribution in [1.82, 2.24) is 5.32 Å². The van der Waals surface area contributed by atoms with Crippen LogP contribution in [0.15, 0.2) is 17.1 Å². The smallest absolute Gasteiger partial charge is 0.347 e. The maximum Gasteiger partial charge on any atom is 0.347 e. The Hall–Kier alpha value is -1.69. The molecule has 0 unspecified atom stereocenters. The van der Waals surface area contributed by atoms with Crippen molar-refractivity contribution < 1.29 is 19.5 Å². The highest BCUT2D eigenvalue weighted by atomic mass is 35.5. The average Bonchev–Trinajstić information content (AvgIpc) is 2.23. The number of amides is 3. The SMILES string of the molecule is C=C(CCC=NC(=O)NC(=O)CCl)C(=O)O. The van der Waals surface area contributed by atoms with Crippen LogP contribution in [0.4, 0.5) is 4.79 Å². The van der Waals surface area contributed by atoms with Crippen LogP contribution in [-0.2, 0) is 9.59 Å². The van der Waals surface area contributed by atoms with E-state index in [2.05, 4.69) is 11.6 Å². The van der Waals surface area contributed by atoms with E-state index in [9.17, 15) is 14.4 Å². The lowest BCUT2D eigenvalue weighted by atomic mass is 10.2. The average molecular weight is 247 g/mol. The Balaban J connectivity index is 3.85. The Morgan fingerprint density at radius 2 is 2.06 bits per heavy atom. The third kappa shape index (κ3) is 6.72. The molecule has 0 saturated heterocycles. The maximum absolute atomic E-state index is 10.9. The number of carboxylic acids is 1. The number of carbonyl (C=O) groups is 3. The van der Waals surface area contributed by atoms with Crippen molar-refractivity contribution in [3.63, 3.8) is 0 Å². The number of rotatable bonds is 5. The molecule has 0 radical (unpaired) electrons. The Kier molecular flexibility index (Phi) is 6.78. The number of aliphatic imine (C=N–C) groups is 1. The first kappa shape index (κ1) is 14.3. The molecule has 0 spiro atoms. The summed E-state index contributed by atoms with van der Waals surface area (Å²) in [5.74, 6) is -2.05. The van der Waals surface area contributed by atoms with E-state index in [-0.39, 0.29) is 24.3 Å². The van der Waals surface area contributed by atoms with Gasteiger partial charge in [0, 0.05) is 11.8 Å². The van der Waals surface area contributed by atoms with Crippen molar-refractivity contribution in [1.29, 1.82) is 0 Å². The summed E-state index contributed by atoms with van der Waals surface area (Å²) in [4.78, 5) is 35.2. The van der Waals surface area contributed by atoms with Crippen LogP contribution < -0.4 is 5.32 Å². The standard InChI is InChI=1S/C9H11ClN2O4/c1-6(8(14)15)3-2-4-11-9(16)12-7(13)5-10/h4H,1-3,5H2,(H,14,15)(H,12,13,16). The molecule has 0 aromatic carbocycles. The molecular weight excluding hydrogens is 236 g/mol. The molecule has 3 amide bonds. The van der Waals surface area contributed by atoms with Gasteiger partial charge in [0.2, 0.25) is 5.91 Å². The second-order valence-corrected chi connectivity index (χ2v) is 3.01. The zero-order chi connectivity index (χ0) is 12.6. The van der Waals surface area contributed by atoms with Crippen LogP contribution in [0.2, 0.25) is 0 Å². The number of hydrogen-bond donors (Lipinski definition) is 2. The lowest BCUT2D eigenvalue weighted by Crippen LogP contribution is -2.28. The van der Waals surface area contributed by atoms with E-state index < -0.39 is 17.9 Å². The van der Waals surface area contributed by atoms with E-state index in [4.69, 9.17) is 16.7 Å². The lowest BCUT2D eigenvalue weighted by molar-refractivity contribution is -0.132. The molecule has 0 aliphatic heterocycles. The monoisotopic (exact) mass is 246 g/mol. The van der Waals surface area contributed by atoms with Crippen molar-refractivity contribution in [3.8, 4) is 0 Å². The molecule has 0 fully saturated rings. The summed E-state index contributed by atoms with van der Waals surface area (Å²) in [6.07, 6.45) is 1.66. The van der Waals surface area contributed by atoms with Gasteiger partial charge in [-0.25, -0.2) is 14.6 Å². The molecule has 2 N–H and O–H groups in total. The van der Waals surface area contributed by atoms with Gasteiger partial charge in [0.1, 0.15) is 5.88 Å². The first-order valence-electron chi connectivity index (χ1n) is 4.30. The summed E-state index contributed by atoms with van der Waals surface area (Å²) >= 11 is 5.14. The van der Waals surface area contributed by atoms with E-state index in [1.165, 1.54) is 6.21 Å². The third-order valence-electron chi connectivity index (χ3n) is 1.45. The highest BCUT2D eigenvalue weighted by Gasteiger charge is 2.04. The van der Waals surface area contributed by atoms with E-state index in [1.807, 2.05) is 5.32 Å². The predicted octanol–water partition coefficient (Wildman–Crippen LogP) is 0.953. The van der Waals surface area contributed by atoms with Crippen LogP contribution >= 0.6 is 11.6 Å². The van der Waals surface area contributed by atoms with Gasteiger partial charge in [0.15, 0.2) is 0 Å². The third-order valence-corrected chi connectivity index (χ3v) is 1.70. The zero-order valence-electron chi connectivity index (χ0n) is 8.40. The number of nitrogens with zero attached hydrogens (tertiary/aromatic N) is 1. The lowest BCUT2D eigenvalue weighted by Gasteiger charge is -1.96. The van der Waals surface area contributed by atoms with Gasteiger partial charge in [-0.1, -0.05) is 6.58 Å². The van der Waals surface area contributed by atoms with E-state index in [0.29, 0.717) is 0 Å². The van der Waals surface area contributed by atoms with E-state index >= 15 is 0 Å². The normalized spacial score (nSPS) is 10.1. The molecular formula is C9H11ClN2O4. The molecule has 0 saturated carbocycles. The van der Waals surface area contributed by atoms with Crippen LogP contribution in [0.25, 0.3) is 0 Å².